The van der Waals surface area contributed by atoms with Crippen LogP contribution in [-0.4, -0.2) is 28.8 Å². The molecule has 0 saturated heterocycles. The molecule has 0 aliphatic heterocycles. The second-order valence-electron chi connectivity index (χ2n) is 6.93. The Kier molecular flexibility index (Phi) is 8.34. The second kappa shape index (κ2) is 10.5. The summed E-state index contributed by atoms with van der Waals surface area (Å²) in [7, 11) is 0. The van der Waals surface area contributed by atoms with Gasteiger partial charge in [0, 0.05) is 12.6 Å². The Morgan fingerprint density at radius 2 is 1.68 bits per heavy atom. The molecule has 0 aromatic heterocycles. The monoisotopic (exact) mass is 420 g/mol. The number of hydrogen-bond donors (Lipinski definition) is 1. The number of halogens is 2. The number of carbonyl (C=O) groups is 2. The molecule has 0 bridgehead atoms. The first-order valence-electron chi connectivity index (χ1n) is 9.39. The summed E-state index contributed by atoms with van der Waals surface area (Å²) >= 11 is 12.0. The number of rotatable bonds is 8. The summed E-state index contributed by atoms with van der Waals surface area (Å²) in [6.07, 6.45) is 0.971. The van der Waals surface area contributed by atoms with Crippen molar-refractivity contribution < 1.29 is 9.59 Å². The zero-order valence-corrected chi connectivity index (χ0v) is 17.9. The van der Waals surface area contributed by atoms with Crippen molar-refractivity contribution in [1.29, 1.82) is 0 Å². The first kappa shape index (κ1) is 22.3. The fraction of sp³-hybridized carbons (Fsp3) is 0.364. The first-order chi connectivity index (χ1) is 13.3. The summed E-state index contributed by atoms with van der Waals surface area (Å²) in [4.78, 5) is 27.3. The van der Waals surface area contributed by atoms with Gasteiger partial charge >= 0.3 is 0 Å². The van der Waals surface area contributed by atoms with E-state index in [1.807, 2.05) is 44.2 Å². The third kappa shape index (κ3) is 6.25. The number of amides is 2. The van der Waals surface area contributed by atoms with E-state index in [1.54, 1.807) is 30.0 Å². The van der Waals surface area contributed by atoms with E-state index >= 15 is 0 Å². The molecule has 2 rings (SSSR count). The third-order valence-electron chi connectivity index (χ3n) is 4.70. The lowest BCUT2D eigenvalue weighted by Crippen LogP contribution is -2.49. The number of nitrogens with one attached hydrogen (secondary N) is 1. The van der Waals surface area contributed by atoms with E-state index in [9.17, 15) is 9.59 Å². The van der Waals surface area contributed by atoms with Crippen LogP contribution in [0.5, 0.6) is 0 Å². The van der Waals surface area contributed by atoms with Gasteiger partial charge in [-0.2, -0.15) is 0 Å². The highest BCUT2D eigenvalue weighted by atomic mass is 35.5. The molecule has 0 unspecified atom stereocenters. The van der Waals surface area contributed by atoms with E-state index < -0.39 is 6.04 Å². The van der Waals surface area contributed by atoms with Gasteiger partial charge in [-0.1, -0.05) is 66.5 Å². The number of nitrogens with zero attached hydrogens (tertiary/aromatic N) is 1. The van der Waals surface area contributed by atoms with Gasteiger partial charge in [0.2, 0.25) is 11.8 Å². The quantitative estimate of drug-likeness (QED) is 0.661. The van der Waals surface area contributed by atoms with Crippen LogP contribution < -0.4 is 5.32 Å². The van der Waals surface area contributed by atoms with Crippen molar-refractivity contribution in [3.63, 3.8) is 0 Å². The fourth-order valence-electron chi connectivity index (χ4n) is 2.75. The molecule has 0 radical (unpaired) electrons. The zero-order valence-electron chi connectivity index (χ0n) is 16.4. The van der Waals surface area contributed by atoms with Crippen LogP contribution in [-0.2, 0) is 22.6 Å². The summed E-state index contributed by atoms with van der Waals surface area (Å²) in [5, 5.41) is 3.81. The van der Waals surface area contributed by atoms with Gasteiger partial charge in [0.1, 0.15) is 6.04 Å². The molecule has 0 heterocycles. The summed E-state index contributed by atoms with van der Waals surface area (Å²) in [6, 6.07) is 14.2. The minimum absolute atomic E-state index is 0.0544. The normalized spacial score (nSPS) is 12.9. The van der Waals surface area contributed by atoms with Gasteiger partial charge in [-0.05, 0) is 43.5 Å². The van der Waals surface area contributed by atoms with Gasteiger partial charge in [-0.15, -0.1) is 0 Å². The van der Waals surface area contributed by atoms with E-state index in [4.69, 9.17) is 23.2 Å². The molecule has 28 heavy (non-hydrogen) atoms. The Morgan fingerprint density at radius 3 is 2.29 bits per heavy atom. The maximum atomic E-state index is 13.1. The van der Waals surface area contributed by atoms with Gasteiger partial charge in [-0.25, -0.2) is 0 Å². The van der Waals surface area contributed by atoms with Crippen LogP contribution in [0, 0.1) is 0 Å². The second-order valence-corrected chi connectivity index (χ2v) is 7.74. The third-order valence-corrected chi connectivity index (χ3v) is 5.44. The molecule has 2 aromatic rings. The Hall–Kier alpha value is -2.04. The van der Waals surface area contributed by atoms with Gasteiger partial charge in [0.25, 0.3) is 0 Å². The van der Waals surface area contributed by atoms with Crippen LogP contribution >= 0.6 is 23.2 Å². The molecule has 0 aliphatic rings. The minimum atomic E-state index is -0.593. The van der Waals surface area contributed by atoms with Gasteiger partial charge in [0.15, 0.2) is 0 Å². The topological polar surface area (TPSA) is 49.4 Å². The van der Waals surface area contributed by atoms with Crippen LogP contribution in [0.15, 0.2) is 48.5 Å². The van der Waals surface area contributed by atoms with Crippen molar-refractivity contribution in [3.8, 4) is 0 Å². The van der Waals surface area contributed by atoms with Gasteiger partial charge < -0.3 is 10.2 Å². The van der Waals surface area contributed by atoms with Gasteiger partial charge in [0.05, 0.1) is 16.5 Å². The van der Waals surface area contributed by atoms with Crippen molar-refractivity contribution in [1.82, 2.24) is 10.2 Å². The van der Waals surface area contributed by atoms with Crippen LogP contribution in [0.25, 0.3) is 0 Å². The molecule has 0 spiro atoms. The largest absolute Gasteiger partial charge is 0.352 e. The summed E-state index contributed by atoms with van der Waals surface area (Å²) in [5.74, 6) is -0.304. The van der Waals surface area contributed by atoms with Crippen LogP contribution in [0.3, 0.4) is 0 Å². The van der Waals surface area contributed by atoms with E-state index in [1.165, 1.54) is 0 Å². The molecule has 0 aliphatic carbocycles. The fourth-order valence-corrected chi connectivity index (χ4v) is 3.07. The van der Waals surface area contributed by atoms with Crippen molar-refractivity contribution in [3.05, 3.63) is 69.7 Å². The van der Waals surface area contributed by atoms with Crippen molar-refractivity contribution in [2.75, 3.05) is 0 Å². The average molecular weight is 421 g/mol. The molecule has 150 valence electrons. The Morgan fingerprint density at radius 1 is 1.00 bits per heavy atom. The number of carbonyl (C=O) groups excluding carboxylic acids is 2. The Bertz CT molecular complexity index is 811. The maximum absolute atomic E-state index is 13.1. The Balaban J connectivity index is 2.21. The van der Waals surface area contributed by atoms with E-state index in [2.05, 4.69) is 5.32 Å². The minimum Gasteiger partial charge on any atom is -0.352 e. The SMILES string of the molecule is CC[C@@H](C)NC(=O)[C@H](C)N(Cc1ccccc1)C(=O)Cc1ccc(Cl)c(Cl)c1. The lowest BCUT2D eigenvalue weighted by Gasteiger charge is -2.30. The molecule has 2 atom stereocenters. The number of benzene rings is 2. The molecule has 2 aromatic carbocycles. The molecule has 1 N–H and O–H groups in total. The van der Waals surface area contributed by atoms with E-state index in [0.717, 1.165) is 17.5 Å². The predicted molar refractivity (Wildman–Crippen MR) is 115 cm³/mol. The van der Waals surface area contributed by atoms with Crippen molar-refractivity contribution >= 4 is 35.0 Å². The lowest BCUT2D eigenvalue weighted by molar-refractivity contribution is -0.140. The molecule has 0 fully saturated rings. The molecule has 6 heteroatoms. The molecule has 2 amide bonds. The smallest absolute Gasteiger partial charge is 0.242 e. The highest BCUT2D eigenvalue weighted by Gasteiger charge is 2.26. The number of hydrogen-bond acceptors (Lipinski definition) is 2. The van der Waals surface area contributed by atoms with Crippen LogP contribution in [0.4, 0.5) is 0 Å². The zero-order chi connectivity index (χ0) is 20.7. The highest BCUT2D eigenvalue weighted by molar-refractivity contribution is 6.42. The van der Waals surface area contributed by atoms with Gasteiger partial charge in [-0.3, -0.25) is 9.59 Å². The molecular weight excluding hydrogens is 395 g/mol. The summed E-state index contributed by atoms with van der Waals surface area (Å²) in [6.45, 7) is 6.07. The van der Waals surface area contributed by atoms with Crippen molar-refractivity contribution in [2.45, 2.75) is 52.2 Å². The maximum Gasteiger partial charge on any atom is 0.242 e. The highest BCUT2D eigenvalue weighted by Crippen LogP contribution is 2.23. The average Bonchev–Trinajstić information content (AvgIpc) is 2.69. The first-order valence-corrected chi connectivity index (χ1v) is 10.1. The van der Waals surface area contributed by atoms with Crippen molar-refractivity contribution in [2.24, 2.45) is 0 Å². The Labute approximate surface area is 176 Å². The lowest BCUT2D eigenvalue weighted by atomic mass is 10.1. The molecule has 0 saturated carbocycles. The van der Waals surface area contributed by atoms with Crippen LogP contribution in [0.1, 0.15) is 38.3 Å². The predicted octanol–water partition coefficient (Wildman–Crippen LogP) is 4.87. The van der Waals surface area contributed by atoms with E-state index in [0.29, 0.717) is 16.6 Å². The van der Waals surface area contributed by atoms with Crippen LogP contribution in [0.2, 0.25) is 10.0 Å². The standard InChI is InChI=1S/C22H26Cl2N2O2/c1-4-15(2)25-22(28)16(3)26(14-17-8-6-5-7-9-17)21(27)13-18-10-11-19(23)20(24)12-18/h5-12,15-16H,4,13-14H2,1-3H3,(H,25,28)/t15-,16+/m1/s1. The molecular formula is C22H26Cl2N2O2. The summed E-state index contributed by atoms with van der Waals surface area (Å²) < 4.78 is 0. The molecule has 4 nitrogen and oxygen atoms in total. The van der Waals surface area contributed by atoms with E-state index in [-0.39, 0.29) is 24.3 Å². The summed E-state index contributed by atoms with van der Waals surface area (Å²) in [5.41, 5.74) is 1.72.